The van der Waals surface area contributed by atoms with E-state index < -0.39 is 0 Å². The van der Waals surface area contributed by atoms with Crippen LogP contribution in [0.3, 0.4) is 0 Å². The minimum absolute atomic E-state index is 0.223. The van der Waals surface area contributed by atoms with Gasteiger partial charge in [-0.3, -0.25) is 0 Å². The van der Waals surface area contributed by atoms with Crippen LogP contribution in [-0.4, -0.2) is 13.1 Å². The van der Waals surface area contributed by atoms with Gasteiger partial charge in [0.15, 0.2) is 0 Å². The summed E-state index contributed by atoms with van der Waals surface area (Å²) in [5.41, 5.74) is 1.84. The van der Waals surface area contributed by atoms with E-state index in [0.717, 1.165) is 36.8 Å². The van der Waals surface area contributed by atoms with Crippen LogP contribution in [0.15, 0.2) is 35.5 Å². The second-order valence-corrected chi connectivity index (χ2v) is 4.05. The lowest BCUT2D eigenvalue weighted by atomic mass is 10.1. The molecule has 0 aromatic heterocycles. The SMILES string of the molecule is CC=CCCC=CCCC(C)=C(C)C(=O)OC. The normalized spacial score (nSPS) is 13.2. The zero-order valence-corrected chi connectivity index (χ0v) is 11.5. The Balaban J connectivity index is 3.92. The molecule has 0 aliphatic rings. The number of esters is 1. The van der Waals surface area contributed by atoms with Gasteiger partial charge >= 0.3 is 5.97 Å². The van der Waals surface area contributed by atoms with Crippen molar-refractivity contribution in [2.75, 3.05) is 7.11 Å². The number of hydrogen-bond donors (Lipinski definition) is 0. The van der Waals surface area contributed by atoms with E-state index in [-0.39, 0.29) is 5.97 Å². The van der Waals surface area contributed by atoms with Crippen molar-refractivity contribution in [3.8, 4) is 0 Å². The zero-order valence-electron chi connectivity index (χ0n) is 11.5. The molecule has 0 aliphatic carbocycles. The maximum atomic E-state index is 11.3. The Labute approximate surface area is 105 Å². The summed E-state index contributed by atoms with van der Waals surface area (Å²) in [6, 6.07) is 0. The van der Waals surface area contributed by atoms with Crippen molar-refractivity contribution in [1.29, 1.82) is 0 Å². The fraction of sp³-hybridized carbons (Fsp3) is 0.533. The first-order valence-corrected chi connectivity index (χ1v) is 6.14. The third-order valence-corrected chi connectivity index (χ3v) is 2.72. The minimum atomic E-state index is -0.223. The number of carbonyl (C=O) groups excluding carboxylic acids is 1. The smallest absolute Gasteiger partial charge is 0.333 e. The Kier molecular flexibility index (Phi) is 9.12. The molecule has 2 nitrogen and oxygen atoms in total. The third kappa shape index (κ3) is 7.56. The van der Waals surface area contributed by atoms with Gasteiger partial charge in [-0.05, 0) is 46.5 Å². The number of rotatable bonds is 7. The van der Waals surface area contributed by atoms with Crippen LogP contribution in [0, 0.1) is 0 Å². The second-order valence-electron chi connectivity index (χ2n) is 4.05. The summed E-state index contributed by atoms with van der Waals surface area (Å²) in [6.45, 7) is 5.84. The van der Waals surface area contributed by atoms with Crippen LogP contribution in [0.5, 0.6) is 0 Å². The van der Waals surface area contributed by atoms with Gasteiger partial charge in [0.05, 0.1) is 7.11 Å². The fourth-order valence-electron chi connectivity index (χ4n) is 1.41. The molecule has 0 aliphatic heterocycles. The first kappa shape index (κ1) is 15.7. The monoisotopic (exact) mass is 236 g/mol. The Morgan fingerprint density at radius 3 is 2.24 bits per heavy atom. The molecule has 0 fully saturated rings. The Morgan fingerprint density at radius 1 is 1.06 bits per heavy atom. The number of hydrogen-bond acceptors (Lipinski definition) is 2. The van der Waals surface area contributed by atoms with Crippen molar-refractivity contribution < 1.29 is 9.53 Å². The van der Waals surface area contributed by atoms with E-state index in [1.807, 2.05) is 20.8 Å². The third-order valence-electron chi connectivity index (χ3n) is 2.72. The van der Waals surface area contributed by atoms with Crippen LogP contribution >= 0.6 is 0 Å². The van der Waals surface area contributed by atoms with Crippen molar-refractivity contribution in [1.82, 2.24) is 0 Å². The van der Waals surface area contributed by atoms with Crippen LogP contribution in [-0.2, 0) is 9.53 Å². The Hall–Kier alpha value is -1.31. The van der Waals surface area contributed by atoms with Gasteiger partial charge in [0.2, 0.25) is 0 Å². The first-order chi connectivity index (χ1) is 8.13. The van der Waals surface area contributed by atoms with Crippen molar-refractivity contribution in [3.63, 3.8) is 0 Å². The average Bonchev–Trinajstić information content (AvgIpc) is 2.35. The summed E-state index contributed by atoms with van der Waals surface area (Å²) >= 11 is 0. The van der Waals surface area contributed by atoms with E-state index in [1.54, 1.807) is 0 Å². The highest BCUT2D eigenvalue weighted by Crippen LogP contribution is 2.12. The molecule has 0 bridgehead atoms. The number of allylic oxidation sites excluding steroid dienone is 5. The summed E-state index contributed by atoms with van der Waals surface area (Å²) in [6.07, 6.45) is 12.7. The molecule has 17 heavy (non-hydrogen) atoms. The van der Waals surface area contributed by atoms with Crippen LogP contribution in [0.4, 0.5) is 0 Å². The van der Waals surface area contributed by atoms with Gasteiger partial charge in [-0.1, -0.05) is 29.9 Å². The summed E-state index contributed by atoms with van der Waals surface area (Å²) in [4.78, 5) is 11.3. The van der Waals surface area contributed by atoms with Crippen LogP contribution in [0.1, 0.15) is 46.5 Å². The van der Waals surface area contributed by atoms with Crippen molar-refractivity contribution in [2.45, 2.75) is 46.5 Å². The molecular weight excluding hydrogens is 212 g/mol. The lowest BCUT2D eigenvalue weighted by Crippen LogP contribution is -2.03. The molecule has 0 radical (unpaired) electrons. The predicted octanol–water partition coefficient (Wildman–Crippen LogP) is 4.19. The van der Waals surface area contributed by atoms with E-state index in [4.69, 9.17) is 0 Å². The van der Waals surface area contributed by atoms with Gasteiger partial charge in [0.1, 0.15) is 0 Å². The molecule has 0 saturated heterocycles. The van der Waals surface area contributed by atoms with Crippen molar-refractivity contribution in [2.24, 2.45) is 0 Å². The van der Waals surface area contributed by atoms with E-state index in [9.17, 15) is 4.79 Å². The molecule has 0 aromatic carbocycles. The largest absolute Gasteiger partial charge is 0.466 e. The number of carbonyl (C=O) groups is 1. The molecule has 0 heterocycles. The molecule has 96 valence electrons. The van der Waals surface area contributed by atoms with E-state index in [0.29, 0.717) is 0 Å². The predicted molar refractivity (Wildman–Crippen MR) is 72.8 cm³/mol. The van der Waals surface area contributed by atoms with Gasteiger partial charge in [-0.2, -0.15) is 0 Å². The second kappa shape index (κ2) is 9.88. The standard InChI is InChI=1S/C15H24O2/c1-5-6-7-8-9-10-11-12-13(2)14(3)15(16)17-4/h5-6,9-10H,7-8,11-12H2,1-4H3. The lowest BCUT2D eigenvalue weighted by Gasteiger charge is -2.04. The van der Waals surface area contributed by atoms with Crippen molar-refractivity contribution in [3.05, 3.63) is 35.5 Å². The molecule has 0 rings (SSSR count). The minimum Gasteiger partial charge on any atom is -0.466 e. The molecule has 0 saturated carbocycles. The summed E-state index contributed by atoms with van der Waals surface area (Å²) in [7, 11) is 1.42. The maximum Gasteiger partial charge on any atom is 0.333 e. The topological polar surface area (TPSA) is 26.3 Å². The van der Waals surface area contributed by atoms with E-state index in [2.05, 4.69) is 29.0 Å². The fourth-order valence-corrected chi connectivity index (χ4v) is 1.41. The molecule has 0 unspecified atom stereocenters. The van der Waals surface area contributed by atoms with Gasteiger partial charge in [0.25, 0.3) is 0 Å². The van der Waals surface area contributed by atoms with Gasteiger partial charge in [-0.25, -0.2) is 4.79 Å². The van der Waals surface area contributed by atoms with Crippen LogP contribution in [0.25, 0.3) is 0 Å². The molecule has 2 heteroatoms. The highest BCUT2D eigenvalue weighted by atomic mass is 16.5. The molecule has 0 amide bonds. The van der Waals surface area contributed by atoms with Gasteiger partial charge < -0.3 is 4.74 Å². The summed E-state index contributed by atoms with van der Waals surface area (Å²) in [5, 5.41) is 0. The highest BCUT2D eigenvalue weighted by molar-refractivity contribution is 5.88. The van der Waals surface area contributed by atoms with Crippen LogP contribution in [0.2, 0.25) is 0 Å². The van der Waals surface area contributed by atoms with E-state index in [1.165, 1.54) is 7.11 Å². The Morgan fingerprint density at radius 2 is 1.65 bits per heavy atom. The molecule has 0 atom stereocenters. The zero-order chi connectivity index (χ0) is 13.1. The average molecular weight is 236 g/mol. The summed E-state index contributed by atoms with van der Waals surface area (Å²) < 4.78 is 4.68. The molecular formula is C15H24O2. The van der Waals surface area contributed by atoms with Gasteiger partial charge in [-0.15, -0.1) is 0 Å². The summed E-state index contributed by atoms with van der Waals surface area (Å²) in [5.74, 6) is -0.223. The molecule has 0 spiro atoms. The van der Waals surface area contributed by atoms with Gasteiger partial charge in [0, 0.05) is 5.57 Å². The van der Waals surface area contributed by atoms with E-state index >= 15 is 0 Å². The number of methoxy groups -OCH3 is 1. The maximum absolute atomic E-state index is 11.3. The Bertz CT molecular complexity index is 309. The quantitative estimate of drug-likeness (QED) is 0.287. The first-order valence-electron chi connectivity index (χ1n) is 6.14. The number of ether oxygens (including phenoxy) is 1. The molecule has 0 aromatic rings. The number of unbranched alkanes of at least 4 members (excludes halogenated alkanes) is 1. The molecule has 0 N–H and O–H groups in total. The lowest BCUT2D eigenvalue weighted by molar-refractivity contribution is -0.136. The van der Waals surface area contributed by atoms with Crippen LogP contribution < -0.4 is 0 Å². The van der Waals surface area contributed by atoms with Crippen molar-refractivity contribution >= 4 is 5.97 Å². The highest BCUT2D eigenvalue weighted by Gasteiger charge is 2.06.